The van der Waals surface area contributed by atoms with Crippen molar-refractivity contribution in [3.05, 3.63) is 0 Å². The lowest BCUT2D eigenvalue weighted by Crippen LogP contribution is -2.82. The highest BCUT2D eigenvalue weighted by Crippen LogP contribution is 2.58. The summed E-state index contributed by atoms with van der Waals surface area (Å²) in [7, 11) is 0. The largest absolute Gasteiger partial charge is 0.350 e. The number of hydrogen-bond donors (Lipinski definition) is 2. The van der Waals surface area contributed by atoms with Crippen molar-refractivity contribution in [2.75, 3.05) is 0 Å². The molecule has 3 heteroatoms. The van der Waals surface area contributed by atoms with Crippen LogP contribution in [-0.4, -0.2) is 17.0 Å². The van der Waals surface area contributed by atoms with E-state index in [1.807, 2.05) is 6.92 Å². The molecule has 0 atom stereocenters. The van der Waals surface area contributed by atoms with Gasteiger partial charge in [0.05, 0.1) is 0 Å². The molecular formula is C8H14N2O. The van der Waals surface area contributed by atoms with E-state index in [4.69, 9.17) is 5.73 Å². The quantitative estimate of drug-likeness (QED) is 0.594. The molecule has 0 spiro atoms. The number of carbonyl (C=O) groups excluding carboxylic acids is 1. The Bertz CT molecular complexity index is 192. The Morgan fingerprint density at radius 3 is 2.45 bits per heavy atom. The third-order valence-corrected chi connectivity index (χ3v) is 2.80. The van der Waals surface area contributed by atoms with E-state index in [1.165, 1.54) is 0 Å². The van der Waals surface area contributed by atoms with E-state index < -0.39 is 0 Å². The van der Waals surface area contributed by atoms with Crippen LogP contribution in [0.5, 0.6) is 0 Å². The Morgan fingerprint density at radius 1 is 1.55 bits per heavy atom. The smallest absolute Gasteiger partial charge is 0.220 e. The average Bonchev–Trinajstić information content (AvgIpc) is 1.82. The second-order valence-electron chi connectivity index (χ2n) is 4.07. The minimum absolute atomic E-state index is 0.0982. The highest BCUT2D eigenvalue weighted by molar-refractivity contribution is 5.77. The molecule has 11 heavy (non-hydrogen) atoms. The van der Waals surface area contributed by atoms with Crippen LogP contribution in [0.25, 0.3) is 0 Å². The van der Waals surface area contributed by atoms with Crippen LogP contribution in [0.3, 0.4) is 0 Å². The van der Waals surface area contributed by atoms with Gasteiger partial charge in [-0.3, -0.25) is 4.79 Å². The third-order valence-electron chi connectivity index (χ3n) is 2.80. The van der Waals surface area contributed by atoms with E-state index in [0.717, 1.165) is 19.3 Å². The van der Waals surface area contributed by atoms with Crippen molar-refractivity contribution >= 4 is 5.91 Å². The van der Waals surface area contributed by atoms with Gasteiger partial charge in [0.2, 0.25) is 5.91 Å². The molecular weight excluding hydrogens is 140 g/mol. The maximum absolute atomic E-state index is 11.0. The maximum atomic E-state index is 11.0. The Labute approximate surface area is 66.3 Å². The fourth-order valence-electron chi connectivity index (χ4n) is 2.38. The van der Waals surface area contributed by atoms with Gasteiger partial charge in [-0.1, -0.05) is 6.92 Å². The summed E-state index contributed by atoms with van der Waals surface area (Å²) in [6, 6.07) is 0. The van der Waals surface area contributed by atoms with E-state index in [0.29, 0.717) is 6.42 Å². The van der Waals surface area contributed by atoms with Gasteiger partial charge < -0.3 is 11.1 Å². The summed E-state index contributed by atoms with van der Waals surface area (Å²) in [4.78, 5) is 11.0. The topological polar surface area (TPSA) is 55.1 Å². The van der Waals surface area contributed by atoms with Crippen molar-refractivity contribution < 1.29 is 4.79 Å². The molecule has 3 nitrogen and oxygen atoms in total. The molecule has 0 aliphatic heterocycles. The van der Waals surface area contributed by atoms with Crippen molar-refractivity contribution in [3.8, 4) is 0 Å². The molecule has 3 aliphatic carbocycles. The van der Waals surface area contributed by atoms with Crippen LogP contribution < -0.4 is 11.1 Å². The molecule has 3 saturated carbocycles. The van der Waals surface area contributed by atoms with Gasteiger partial charge in [0.1, 0.15) is 0 Å². The molecule has 0 radical (unpaired) electrons. The van der Waals surface area contributed by atoms with Crippen LogP contribution in [-0.2, 0) is 4.79 Å². The lowest BCUT2D eigenvalue weighted by molar-refractivity contribution is -0.135. The average molecular weight is 154 g/mol. The van der Waals surface area contributed by atoms with Crippen LogP contribution in [0, 0.1) is 0 Å². The van der Waals surface area contributed by atoms with Gasteiger partial charge in [-0.15, -0.1) is 0 Å². The van der Waals surface area contributed by atoms with E-state index in [1.54, 1.807) is 0 Å². The highest BCUT2D eigenvalue weighted by Gasteiger charge is 2.66. The van der Waals surface area contributed by atoms with Crippen molar-refractivity contribution in [1.82, 2.24) is 5.32 Å². The van der Waals surface area contributed by atoms with Gasteiger partial charge >= 0.3 is 0 Å². The molecule has 0 aromatic carbocycles. The highest BCUT2D eigenvalue weighted by atomic mass is 16.1. The number of nitrogens with two attached hydrogens (primary N) is 1. The summed E-state index contributed by atoms with van der Waals surface area (Å²) >= 11 is 0. The minimum Gasteiger partial charge on any atom is -0.350 e. The van der Waals surface area contributed by atoms with E-state index >= 15 is 0 Å². The van der Waals surface area contributed by atoms with Gasteiger partial charge in [-0.05, 0) is 19.3 Å². The fourth-order valence-corrected chi connectivity index (χ4v) is 2.38. The van der Waals surface area contributed by atoms with Crippen molar-refractivity contribution in [3.63, 3.8) is 0 Å². The predicted octanol–water partition coefficient (Wildman–Crippen LogP) is 0.146. The Balaban J connectivity index is 1.86. The van der Waals surface area contributed by atoms with E-state index in [-0.39, 0.29) is 17.0 Å². The van der Waals surface area contributed by atoms with Crippen molar-refractivity contribution in [1.29, 1.82) is 0 Å². The van der Waals surface area contributed by atoms with Crippen LogP contribution >= 0.6 is 0 Å². The lowest BCUT2D eigenvalue weighted by Gasteiger charge is -2.68. The number of rotatable bonds is 2. The summed E-state index contributed by atoms with van der Waals surface area (Å²) in [5, 5.41) is 3.01. The van der Waals surface area contributed by atoms with Crippen LogP contribution in [0.2, 0.25) is 0 Å². The SMILES string of the molecule is CCC(=O)NC12CC(N)(C1)C2. The molecule has 2 bridgehead atoms. The molecule has 1 amide bonds. The molecule has 62 valence electrons. The van der Waals surface area contributed by atoms with Crippen LogP contribution in [0.15, 0.2) is 0 Å². The molecule has 0 aromatic rings. The number of carbonyl (C=O) groups is 1. The van der Waals surface area contributed by atoms with Gasteiger partial charge in [-0.2, -0.15) is 0 Å². The Morgan fingerprint density at radius 2 is 2.09 bits per heavy atom. The van der Waals surface area contributed by atoms with Gasteiger partial charge in [0.25, 0.3) is 0 Å². The first-order valence-corrected chi connectivity index (χ1v) is 4.17. The van der Waals surface area contributed by atoms with Gasteiger partial charge in [0, 0.05) is 17.5 Å². The zero-order valence-electron chi connectivity index (χ0n) is 6.81. The molecule has 3 fully saturated rings. The first kappa shape index (κ1) is 7.10. The predicted molar refractivity (Wildman–Crippen MR) is 41.9 cm³/mol. The summed E-state index contributed by atoms with van der Waals surface area (Å²) < 4.78 is 0. The monoisotopic (exact) mass is 154 g/mol. The number of hydrogen-bond acceptors (Lipinski definition) is 2. The van der Waals surface area contributed by atoms with E-state index in [2.05, 4.69) is 5.32 Å². The van der Waals surface area contributed by atoms with E-state index in [9.17, 15) is 4.79 Å². The summed E-state index contributed by atoms with van der Waals surface area (Å²) in [6.45, 7) is 1.87. The van der Waals surface area contributed by atoms with Crippen molar-refractivity contribution in [2.24, 2.45) is 5.73 Å². The second kappa shape index (κ2) is 1.78. The molecule has 0 heterocycles. The number of amides is 1. The first-order chi connectivity index (χ1) is 5.08. The maximum Gasteiger partial charge on any atom is 0.220 e. The molecule has 3 aliphatic rings. The normalized spacial score (nSPS) is 45.6. The molecule has 0 unspecified atom stereocenters. The van der Waals surface area contributed by atoms with Crippen LogP contribution in [0.1, 0.15) is 32.6 Å². The third kappa shape index (κ3) is 0.872. The first-order valence-electron chi connectivity index (χ1n) is 4.17. The van der Waals surface area contributed by atoms with Gasteiger partial charge in [-0.25, -0.2) is 0 Å². The fraction of sp³-hybridized carbons (Fsp3) is 0.875. The standard InChI is InChI=1S/C8H14N2O/c1-2-6(11)10-8-3-7(9,4-8)5-8/h2-5,9H2,1H3,(H,10,11). The molecule has 3 N–H and O–H groups in total. The number of nitrogens with one attached hydrogen (secondary N) is 1. The summed E-state index contributed by atoms with van der Waals surface area (Å²) in [6.07, 6.45) is 3.56. The minimum atomic E-state index is 0.0982. The second-order valence-corrected chi connectivity index (χ2v) is 4.07. The summed E-state index contributed by atoms with van der Waals surface area (Å²) in [5.41, 5.74) is 6.06. The van der Waals surface area contributed by atoms with Gasteiger partial charge in [0.15, 0.2) is 0 Å². The molecule has 0 saturated heterocycles. The summed E-state index contributed by atoms with van der Waals surface area (Å²) in [5.74, 6) is 0.159. The zero-order chi connectivity index (χ0) is 8.11. The van der Waals surface area contributed by atoms with Crippen LogP contribution in [0.4, 0.5) is 0 Å². The Kier molecular flexibility index (Phi) is 1.15. The van der Waals surface area contributed by atoms with Crippen molar-refractivity contribution in [2.45, 2.75) is 43.7 Å². The lowest BCUT2D eigenvalue weighted by atomic mass is 9.44. The molecule has 3 rings (SSSR count). The Hall–Kier alpha value is -0.570. The molecule has 0 aromatic heterocycles. The zero-order valence-corrected chi connectivity index (χ0v) is 6.81.